The molecule has 5 rings (SSSR count). The minimum atomic E-state index is -0.716. The lowest BCUT2D eigenvalue weighted by Gasteiger charge is -2.61. The van der Waals surface area contributed by atoms with Gasteiger partial charge in [-0.05, 0) is 92.9 Å². The normalized spacial score (nSPS) is 49.3. The first kappa shape index (κ1) is 20.5. The van der Waals surface area contributed by atoms with Crippen LogP contribution in [0, 0.1) is 34.5 Å². The molecule has 0 spiro atoms. The molecule has 4 aliphatic carbocycles. The van der Waals surface area contributed by atoms with Crippen molar-refractivity contribution in [3.05, 3.63) is 24.2 Å². The zero-order chi connectivity index (χ0) is 20.3. The van der Waals surface area contributed by atoms with E-state index >= 15 is 0 Å². The predicted molar refractivity (Wildman–Crippen MR) is 118 cm³/mol. The van der Waals surface area contributed by atoms with Crippen LogP contribution >= 0.6 is 11.8 Å². The average molecular weight is 419 g/mol. The Kier molecular flexibility index (Phi) is 5.15. The first-order valence-electron chi connectivity index (χ1n) is 11.9. The number of fused-ring (bicyclic) bond motifs is 5. The van der Waals surface area contributed by atoms with Crippen LogP contribution in [-0.2, 0) is 5.60 Å². The second kappa shape index (κ2) is 7.31. The summed E-state index contributed by atoms with van der Waals surface area (Å²) in [7, 11) is 0. The summed E-state index contributed by atoms with van der Waals surface area (Å²) in [6.45, 7) is 5.31. The summed E-state index contributed by atoms with van der Waals surface area (Å²) in [6.07, 6.45) is 14.7. The van der Waals surface area contributed by atoms with Crippen molar-refractivity contribution < 1.29 is 14.6 Å². The Labute approximate surface area is 180 Å². The van der Waals surface area contributed by atoms with E-state index in [1.165, 1.54) is 38.5 Å². The van der Waals surface area contributed by atoms with E-state index in [1.807, 2.05) is 17.8 Å². The van der Waals surface area contributed by atoms with E-state index in [1.54, 1.807) is 12.5 Å². The summed E-state index contributed by atoms with van der Waals surface area (Å²) in [5.41, 5.74) is 0.750. The molecule has 0 radical (unpaired) electrons. The minimum Gasteiger partial charge on any atom is -0.472 e. The summed E-state index contributed by atoms with van der Waals surface area (Å²) in [5.74, 6) is 3.99. The molecular weight excluding hydrogens is 380 g/mol. The number of rotatable bonds is 4. The van der Waals surface area contributed by atoms with Gasteiger partial charge in [-0.2, -0.15) is 11.8 Å². The highest BCUT2D eigenvalue weighted by Crippen LogP contribution is 2.70. The molecule has 0 aromatic carbocycles. The highest BCUT2D eigenvalue weighted by Gasteiger charge is 2.65. The van der Waals surface area contributed by atoms with E-state index in [2.05, 4.69) is 13.8 Å². The highest BCUT2D eigenvalue weighted by molar-refractivity contribution is 7.99. The van der Waals surface area contributed by atoms with Crippen LogP contribution in [0.2, 0.25) is 0 Å². The number of aliphatic hydroxyl groups is 2. The first-order chi connectivity index (χ1) is 13.9. The number of hydrogen-bond donors (Lipinski definition) is 2. The highest BCUT2D eigenvalue weighted by atomic mass is 32.2. The molecule has 0 unspecified atom stereocenters. The molecule has 4 saturated carbocycles. The van der Waals surface area contributed by atoms with Gasteiger partial charge >= 0.3 is 0 Å². The van der Waals surface area contributed by atoms with Gasteiger partial charge < -0.3 is 14.6 Å². The van der Waals surface area contributed by atoms with Gasteiger partial charge in [0.2, 0.25) is 0 Å². The summed E-state index contributed by atoms with van der Waals surface area (Å²) in [6, 6.07) is 1.99. The maximum atomic E-state index is 11.8. The summed E-state index contributed by atoms with van der Waals surface area (Å²) in [4.78, 5) is 0. The lowest BCUT2D eigenvalue weighted by atomic mass is 9.44. The third-order valence-corrected chi connectivity index (χ3v) is 11.5. The van der Waals surface area contributed by atoms with Crippen molar-refractivity contribution in [3.63, 3.8) is 0 Å². The molecule has 4 fully saturated rings. The second-order valence-electron chi connectivity index (χ2n) is 11.0. The van der Waals surface area contributed by atoms with Gasteiger partial charge in [-0.25, -0.2) is 0 Å². The monoisotopic (exact) mass is 418 g/mol. The Morgan fingerprint density at radius 1 is 1.07 bits per heavy atom. The van der Waals surface area contributed by atoms with Crippen LogP contribution in [-0.4, -0.2) is 27.8 Å². The summed E-state index contributed by atoms with van der Waals surface area (Å²) >= 11 is 2.00. The molecule has 0 aliphatic heterocycles. The van der Waals surface area contributed by atoms with Crippen LogP contribution < -0.4 is 0 Å². The molecule has 1 aromatic heterocycles. The van der Waals surface area contributed by atoms with E-state index in [9.17, 15) is 10.2 Å². The molecule has 162 valence electrons. The van der Waals surface area contributed by atoms with E-state index in [0.29, 0.717) is 17.9 Å². The van der Waals surface area contributed by atoms with Gasteiger partial charge in [0, 0.05) is 22.0 Å². The van der Waals surface area contributed by atoms with Gasteiger partial charge in [-0.3, -0.25) is 0 Å². The molecule has 2 N–H and O–H groups in total. The van der Waals surface area contributed by atoms with Crippen LogP contribution in [0.4, 0.5) is 0 Å². The fourth-order valence-electron chi connectivity index (χ4n) is 8.58. The van der Waals surface area contributed by atoms with Crippen molar-refractivity contribution >= 4 is 11.8 Å². The van der Waals surface area contributed by atoms with Crippen molar-refractivity contribution in [1.82, 2.24) is 0 Å². The van der Waals surface area contributed by atoms with Gasteiger partial charge in [0.1, 0.15) is 0 Å². The van der Waals surface area contributed by atoms with E-state index in [4.69, 9.17) is 4.42 Å². The lowest BCUT2D eigenvalue weighted by molar-refractivity contribution is -0.154. The molecule has 8 atom stereocenters. The maximum Gasteiger partial charge on any atom is 0.0983 e. The number of furan rings is 1. The largest absolute Gasteiger partial charge is 0.472 e. The van der Waals surface area contributed by atoms with Crippen molar-refractivity contribution in [2.24, 2.45) is 34.5 Å². The predicted octanol–water partition coefficient (Wildman–Crippen LogP) is 5.60. The van der Waals surface area contributed by atoms with Gasteiger partial charge in [0.15, 0.2) is 0 Å². The Hall–Kier alpha value is -0.450. The Morgan fingerprint density at radius 2 is 1.90 bits per heavy atom. The molecule has 1 heterocycles. The van der Waals surface area contributed by atoms with Crippen LogP contribution in [0.25, 0.3) is 0 Å². The SMILES string of the molecule is C[C@]12CC[C@H](SCCO)C[C@H]1CC[C@@H]1[C@@H]2CC[C@@]2(C)[C@H]1CC[C@@]2(O)c1ccoc1. The number of thioether (sulfide) groups is 1. The number of aliphatic hydroxyl groups excluding tert-OH is 1. The minimum absolute atomic E-state index is 0.0184. The molecule has 0 saturated heterocycles. The molecule has 4 heteroatoms. The Balaban J connectivity index is 1.37. The standard InChI is InChI=1S/C25H38O3S/c1-23-9-5-19(29-14-12-26)15-17(23)3-4-20-21(23)6-10-24(2)22(20)7-11-25(24,27)18-8-13-28-16-18/h8,13,16-17,19-22,26-27H,3-7,9-12,14-15H2,1-2H3/t17-,19+,20-,21+,22+,23+,24+,25-/m1/s1. The van der Waals surface area contributed by atoms with Crippen LogP contribution in [0.1, 0.15) is 77.2 Å². The van der Waals surface area contributed by atoms with E-state index < -0.39 is 5.60 Å². The molecular formula is C25H38O3S. The first-order valence-corrected chi connectivity index (χ1v) is 12.9. The molecule has 0 amide bonds. The lowest BCUT2D eigenvalue weighted by Crippen LogP contribution is -2.56. The fourth-order valence-corrected chi connectivity index (χ4v) is 9.67. The molecule has 1 aromatic rings. The van der Waals surface area contributed by atoms with Crippen molar-refractivity contribution in [3.8, 4) is 0 Å². The zero-order valence-electron chi connectivity index (χ0n) is 18.1. The third-order valence-electron chi connectivity index (χ3n) is 10.2. The van der Waals surface area contributed by atoms with Gasteiger partial charge in [0.05, 0.1) is 24.7 Å². The van der Waals surface area contributed by atoms with Crippen molar-refractivity contribution in [2.75, 3.05) is 12.4 Å². The van der Waals surface area contributed by atoms with Crippen molar-refractivity contribution in [2.45, 2.75) is 82.5 Å². The molecule has 3 nitrogen and oxygen atoms in total. The fraction of sp³-hybridized carbons (Fsp3) is 0.840. The topological polar surface area (TPSA) is 53.6 Å². The maximum absolute atomic E-state index is 11.8. The van der Waals surface area contributed by atoms with Gasteiger partial charge in [-0.15, -0.1) is 0 Å². The Bertz CT molecular complexity index is 720. The van der Waals surface area contributed by atoms with E-state index in [0.717, 1.165) is 53.6 Å². The van der Waals surface area contributed by atoms with Crippen molar-refractivity contribution in [1.29, 1.82) is 0 Å². The average Bonchev–Trinajstić information content (AvgIpc) is 3.34. The second-order valence-corrected chi connectivity index (χ2v) is 12.4. The summed E-state index contributed by atoms with van der Waals surface area (Å²) < 4.78 is 5.37. The smallest absolute Gasteiger partial charge is 0.0983 e. The van der Waals surface area contributed by atoms with Gasteiger partial charge in [0.25, 0.3) is 0 Å². The van der Waals surface area contributed by atoms with Crippen LogP contribution in [0.3, 0.4) is 0 Å². The molecule has 4 aliphatic rings. The summed E-state index contributed by atoms with van der Waals surface area (Å²) in [5, 5.41) is 21.8. The van der Waals surface area contributed by atoms with E-state index in [-0.39, 0.29) is 5.41 Å². The quantitative estimate of drug-likeness (QED) is 0.668. The number of hydrogen-bond acceptors (Lipinski definition) is 4. The Morgan fingerprint density at radius 3 is 2.66 bits per heavy atom. The zero-order valence-corrected chi connectivity index (χ0v) is 18.9. The molecule has 29 heavy (non-hydrogen) atoms. The van der Waals surface area contributed by atoms with Gasteiger partial charge in [-0.1, -0.05) is 13.8 Å². The third kappa shape index (κ3) is 2.91. The van der Waals surface area contributed by atoms with Crippen LogP contribution in [0.5, 0.6) is 0 Å². The van der Waals surface area contributed by atoms with Crippen LogP contribution in [0.15, 0.2) is 23.0 Å². The molecule has 0 bridgehead atoms.